The van der Waals surface area contributed by atoms with E-state index < -0.39 is 9.73 Å². The van der Waals surface area contributed by atoms with Crippen LogP contribution in [0.1, 0.15) is 39.0 Å². The van der Waals surface area contributed by atoms with Gasteiger partial charge in [0.05, 0.1) is 22.2 Å². The number of ether oxygens (including phenoxy) is 1. The number of nitrogens with zero attached hydrogens (tertiary/aromatic N) is 3. The number of aliphatic imine (C=N–C) groups is 1. The highest BCUT2D eigenvalue weighted by Gasteiger charge is 2.29. The summed E-state index contributed by atoms with van der Waals surface area (Å²) in [5, 5.41) is 11.0. The third-order valence-electron chi connectivity index (χ3n) is 5.51. The van der Waals surface area contributed by atoms with Gasteiger partial charge in [-0.15, -0.1) is 0 Å². The quantitative estimate of drug-likeness (QED) is 0.329. The molecule has 1 fully saturated rings. The molecule has 0 amide bonds. The summed E-state index contributed by atoms with van der Waals surface area (Å²) in [6.07, 6.45) is 8.77. The van der Waals surface area contributed by atoms with Crippen molar-refractivity contribution in [2.75, 3.05) is 38.8 Å². The molecule has 0 radical (unpaired) electrons. The summed E-state index contributed by atoms with van der Waals surface area (Å²) >= 11 is 2.12. The Kier molecular flexibility index (Phi) is 10.1. The summed E-state index contributed by atoms with van der Waals surface area (Å²) in [5.41, 5.74) is 0.823. The van der Waals surface area contributed by atoms with Crippen molar-refractivity contribution in [2.45, 2.75) is 45.1 Å². The zero-order chi connectivity index (χ0) is 21.3. The lowest BCUT2D eigenvalue weighted by Crippen LogP contribution is -2.36. The number of rotatable bonds is 10. The summed E-state index contributed by atoms with van der Waals surface area (Å²) in [5.74, 6) is 2.88. The Morgan fingerprint density at radius 2 is 2.17 bits per heavy atom. The maximum atomic E-state index is 13.3. The van der Waals surface area contributed by atoms with E-state index in [1.165, 1.54) is 0 Å². The molecule has 1 unspecified atom stereocenters. The molecule has 0 bridgehead atoms. The first-order valence-corrected chi connectivity index (χ1v) is 13.3. The van der Waals surface area contributed by atoms with Crippen LogP contribution >= 0.6 is 22.6 Å². The number of hydrogen-bond donors (Lipinski definition) is 2. The van der Waals surface area contributed by atoms with Crippen molar-refractivity contribution in [3.05, 3.63) is 23.7 Å². The minimum absolute atomic E-state index is 0.373. The summed E-state index contributed by atoms with van der Waals surface area (Å²) in [7, 11) is 1.53. The largest absolute Gasteiger partial charge is 0.384 e. The van der Waals surface area contributed by atoms with Crippen molar-refractivity contribution in [1.82, 2.24) is 10.2 Å². The summed E-state index contributed by atoms with van der Waals surface area (Å²) in [6, 6.07) is 0.373. The van der Waals surface area contributed by atoms with E-state index in [0.717, 1.165) is 43.5 Å². The molecule has 9 heteroatoms. The van der Waals surface area contributed by atoms with Gasteiger partial charge >= 0.3 is 0 Å². The molecule has 2 aliphatic rings. The van der Waals surface area contributed by atoms with Gasteiger partial charge in [-0.05, 0) is 66.7 Å². The average Bonchev–Trinajstić information content (AvgIpc) is 3.14. The van der Waals surface area contributed by atoms with E-state index in [1.54, 1.807) is 17.5 Å². The third-order valence-corrected chi connectivity index (χ3v) is 8.24. The molecule has 0 spiro atoms. The average molecular weight is 535 g/mol. The number of amidine groups is 1. The lowest BCUT2D eigenvalue weighted by Gasteiger charge is -2.36. The van der Waals surface area contributed by atoms with Crippen molar-refractivity contribution in [3.63, 3.8) is 0 Å². The molecule has 0 aromatic heterocycles. The van der Waals surface area contributed by atoms with E-state index in [1.807, 2.05) is 6.08 Å². The molecule has 164 valence electrons. The number of hydrogen-bond acceptors (Lipinski definition) is 6. The second-order valence-electron chi connectivity index (χ2n) is 7.59. The van der Waals surface area contributed by atoms with Gasteiger partial charge in [0.2, 0.25) is 0 Å². The van der Waals surface area contributed by atoms with Gasteiger partial charge in [-0.25, -0.2) is 13.6 Å². The Hall–Kier alpha value is -0.940. The summed E-state index contributed by atoms with van der Waals surface area (Å²) in [4.78, 5) is 6.74. The molecule has 29 heavy (non-hydrogen) atoms. The lowest BCUT2D eigenvalue weighted by atomic mass is 9.86. The van der Waals surface area contributed by atoms with Crippen molar-refractivity contribution in [2.24, 2.45) is 15.3 Å². The second-order valence-corrected chi connectivity index (χ2v) is 10.7. The van der Waals surface area contributed by atoms with E-state index >= 15 is 0 Å². The highest BCUT2D eigenvalue weighted by molar-refractivity contribution is 14.1. The van der Waals surface area contributed by atoms with Crippen LogP contribution in [0.25, 0.3) is 0 Å². The first kappa shape index (κ1) is 24.3. The molecule has 1 heterocycles. The Labute approximate surface area is 189 Å². The van der Waals surface area contributed by atoms with Crippen LogP contribution < -0.4 is 5.32 Å². The van der Waals surface area contributed by atoms with Crippen LogP contribution in [0.15, 0.2) is 33.0 Å². The Morgan fingerprint density at radius 1 is 1.45 bits per heavy atom. The molecule has 1 aliphatic heterocycles. The molecular formula is C20H34IN5O2S. The van der Waals surface area contributed by atoms with Gasteiger partial charge in [0.15, 0.2) is 0 Å². The summed E-state index contributed by atoms with van der Waals surface area (Å²) < 4.78 is 24.7. The van der Waals surface area contributed by atoms with Gasteiger partial charge in [0.25, 0.3) is 0 Å². The van der Waals surface area contributed by atoms with Crippen LogP contribution in [0.3, 0.4) is 0 Å². The molecule has 1 aliphatic carbocycles. The standard InChI is InChI=1S/C20H34IN5O2S/c1-4-10-25-29(27,13-12-28-3)14-16-5-7-17(8-6-16)26(2)20(24-15-21)18-9-11-23-19(18)22/h9,11,15-17H,4-8,10,12-14H2,1-3H3,(H2,22,23)/b20-18+,24-15-. The van der Waals surface area contributed by atoms with Gasteiger partial charge < -0.3 is 15.0 Å². The van der Waals surface area contributed by atoms with E-state index in [4.69, 9.17) is 10.1 Å². The molecule has 1 atom stereocenters. The molecule has 2 rings (SSSR count). The zero-order valence-corrected chi connectivity index (χ0v) is 20.7. The fraction of sp³-hybridized carbons (Fsp3) is 0.700. The fourth-order valence-electron chi connectivity index (χ4n) is 3.86. The van der Waals surface area contributed by atoms with Gasteiger partial charge in [-0.3, -0.25) is 5.41 Å². The van der Waals surface area contributed by atoms with Crippen LogP contribution in [-0.2, 0) is 14.5 Å². The topological polar surface area (TPSA) is 90.1 Å². The van der Waals surface area contributed by atoms with E-state index in [-0.39, 0.29) is 0 Å². The molecule has 2 N–H and O–H groups in total. The number of methoxy groups -OCH3 is 1. The third kappa shape index (κ3) is 7.06. The maximum absolute atomic E-state index is 13.3. The molecule has 0 saturated heterocycles. The minimum atomic E-state index is -2.19. The predicted octanol–water partition coefficient (Wildman–Crippen LogP) is 3.77. The predicted molar refractivity (Wildman–Crippen MR) is 130 cm³/mol. The molecule has 0 aromatic rings. The van der Waals surface area contributed by atoms with Crippen molar-refractivity contribution in [3.8, 4) is 0 Å². The molecule has 7 nitrogen and oxygen atoms in total. The van der Waals surface area contributed by atoms with Gasteiger partial charge in [-0.1, -0.05) is 6.92 Å². The van der Waals surface area contributed by atoms with Crippen LogP contribution in [-0.4, -0.2) is 64.0 Å². The Balaban J connectivity index is 2.03. The van der Waals surface area contributed by atoms with Gasteiger partial charge in [0.1, 0.15) is 11.7 Å². The Morgan fingerprint density at radius 3 is 2.72 bits per heavy atom. The second kappa shape index (κ2) is 12.0. The maximum Gasteiger partial charge on any atom is 0.140 e. The first-order chi connectivity index (χ1) is 13.9. The zero-order valence-electron chi connectivity index (χ0n) is 17.7. The molecule has 0 aromatic carbocycles. The van der Waals surface area contributed by atoms with E-state index in [0.29, 0.717) is 42.5 Å². The van der Waals surface area contributed by atoms with Crippen molar-refractivity contribution >= 4 is 42.4 Å². The highest BCUT2D eigenvalue weighted by atomic mass is 127. The van der Waals surface area contributed by atoms with Crippen LogP contribution in [0.5, 0.6) is 0 Å². The van der Waals surface area contributed by atoms with Crippen molar-refractivity contribution in [1.29, 1.82) is 5.41 Å². The smallest absolute Gasteiger partial charge is 0.140 e. The fourth-order valence-corrected chi connectivity index (χ4v) is 6.54. The number of nitrogens with one attached hydrogen (secondary N) is 2. The minimum Gasteiger partial charge on any atom is -0.384 e. The molecular weight excluding hydrogens is 501 g/mol. The molecule has 1 saturated carbocycles. The monoisotopic (exact) mass is 535 g/mol. The van der Waals surface area contributed by atoms with Gasteiger partial charge in [-0.2, -0.15) is 0 Å². The first-order valence-electron chi connectivity index (χ1n) is 10.2. The normalized spacial score (nSPS) is 25.7. The SMILES string of the molecule is CCCN=S(=O)(CCOC)CC1CCC(N(C)C(/N=C\I)=C2\C=CNC2=N)CC1. The van der Waals surface area contributed by atoms with E-state index in [2.05, 4.69) is 56.1 Å². The Bertz CT molecular complexity index is 763. The van der Waals surface area contributed by atoms with E-state index in [9.17, 15) is 4.21 Å². The lowest BCUT2D eigenvalue weighted by molar-refractivity contribution is 0.205. The number of halogens is 1. The van der Waals surface area contributed by atoms with Gasteiger partial charge in [0, 0.05) is 48.4 Å². The summed E-state index contributed by atoms with van der Waals surface area (Å²) in [6.45, 7) is 3.24. The van der Waals surface area contributed by atoms with Crippen LogP contribution in [0.2, 0.25) is 0 Å². The van der Waals surface area contributed by atoms with Crippen LogP contribution in [0, 0.1) is 11.3 Å². The van der Waals surface area contributed by atoms with Crippen molar-refractivity contribution < 1.29 is 8.95 Å². The van der Waals surface area contributed by atoms with Crippen LogP contribution in [0.4, 0.5) is 0 Å². The highest BCUT2D eigenvalue weighted by Crippen LogP contribution is 2.31.